The zero-order valence-corrected chi connectivity index (χ0v) is 10.4. The van der Waals surface area contributed by atoms with E-state index in [4.69, 9.17) is 11.5 Å². The van der Waals surface area contributed by atoms with E-state index in [1.807, 2.05) is 0 Å². The van der Waals surface area contributed by atoms with Gasteiger partial charge in [0.25, 0.3) is 0 Å². The molecule has 4 heteroatoms. The lowest BCUT2D eigenvalue weighted by atomic mass is 9.91. The van der Waals surface area contributed by atoms with Crippen molar-refractivity contribution < 1.29 is 4.79 Å². The van der Waals surface area contributed by atoms with Crippen molar-refractivity contribution in [2.24, 2.45) is 17.4 Å². The number of hydrogen-bond donors (Lipinski definition) is 3. The highest BCUT2D eigenvalue weighted by atomic mass is 16.2. The van der Waals surface area contributed by atoms with E-state index >= 15 is 0 Å². The first kappa shape index (κ1) is 13.5. The van der Waals surface area contributed by atoms with Crippen LogP contribution in [0.3, 0.4) is 0 Å². The molecule has 0 spiro atoms. The lowest BCUT2D eigenvalue weighted by Gasteiger charge is -2.28. The topological polar surface area (TPSA) is 81.1 Å². The fraction of sp³-hybridized carbons (Fsp3) is 0.917. The largest absolute Gasteiger partial charge is 0.352 e. The predicted octanol–water partition coefficient (Wildman–Crippen LogP) is 0.746. The molecule has 5 N–H and O–H groups in total. The van der Waals surface area contributed by atoms with E-state index in [1.165, 1.54) is 0 Å². The number of nitrogens with two attached hydrogens (primary N) is 2. The summed E-state index contributed by atoms with van der Waals surface area (Å²) in [6.07, 6.45) is 4.73. The van der Waals surface area contributed by atoms with Crippen LogP contribution < -0.4 is 16.8 Å². The Bertz CT molecular complexity index is 222. The van der Waals surface area contributed by atoms with Crippen LogP contribution in [0.25, 0.3) is 0 Å². The minimum Gasteiger partial charge on any atom is -0.352 e. The number of nitrogens with one attached hydrogen (secondary N) is 1. The molecule has 16 heavy (non-hydrogen) atoms. The van der Waals surface area contributed by atoms with Gasteiger partial charge in [-0.15, -0.1) is 0 Å². The third-order valence-corrected chi connectivity index (χ3v) is 3.18. The van der Waals surface area contributed by atoms with Crippen molar-refractivity contribution >= 4 is 5.91 Å². The summed E-state index contributed by atoms with van der Waals surface area (Å²) < 4.78 is 0. The number of rotatable bonds is 4. The maximum absolute atomic E-state index is 11.8. The van der Waals surface area contributed by atoms with Gasteiger partial charge in [0.2, 0.25) is 5.91 Å². The van der Waals surface area contributed by atoms with Gasteiger partial charge in [0.15, 0.2) is 0 Å². The second kappa shape index (κ2) is 6.21. The molecule has 0 heterocycles. The maximum atomic E-state index is 11.8. The fourth-order valence-electron chi connectivity index (χ4n) is 2.19. The molecule has 94 valence electrons. The van der Waals surface area contributed by atoms with E-state index in [0.29, 0.717) is 12.0 Å². The molecule has 1 atom stereocenters. The molecule has 1 saturated carbocycles. The number of amides is 1. The molecule has 0 bridgehead atoms. The SMILES string of the molecule is CC(C)C[C@H](N)C(=O)NC1CCC(N)CC1. The summed E-state index contributed by atoms with van der Waals surface area (Å²) in [5.74, 6) is 0.453. The highest BCUT2D eigenvalue weighted by Gasteiger charge is 2.22. The summed E-state index contributed by atoms with van der Waals surface area (Å²) in [4.78, 5) is 11.8. The first-order valence-corrected chi connectivity index (χ1v) is 6.30. The van der Waals surface area contributed by atoms with E-state index in [2.05, 4.69) is 19.2 Å². The minimum atomic E-state index is -0.365. The van der Waals surface area contributed by atoms with Crippen molar-refractivity contribution in [2.75, 3.05) is 0 Å². The molecule has 0 radical (unpaired) electrons. The van der Waals surface area contributed by atoms with E-state index in [-0.39, 0.29) is 18.0 Å². The van der Waals surface area contributed by atoms with E-state index in [9.17, 15) is 4.79 Å². The molecular weight excluding hydrogens is 202 g/mol. The Balaban J connectivity index is 2.28. The second-order valence-electron chi connectivity index (χ2n) is 5.36. The zero-order valence-electron chi connectivity index (χ0n) is 10.4. The standard InChI is InChI=1S/C12H25N3O/c1-8(2)7-11(14)12(16)15-10-5-3-9(13)4-6-10/h8-11H,3-7,13-14H2,1-2H3,(H,15,16)/t9?,10?,11-/m0/s1. The van der Waals surface area contributed by atoms with Crippen LogP contribution in [0.15, 0.2) is 0 Å². The highest BCUT2D eigenvalue weighted by Crippen LogP contribution is 2.17. The van der Waals surface area contributed by atoms with E-state index in [0.717, 1.165) is 32.1 Å². The lowest BCUT2D eigenvalue weighted by molar-refractivity contribution is -0.123. The van der Waals surface area contributed by atoms with E-state index in [1.54, 1.807) is 0 Å². The van der Waals surface area contributed by atoms with Crippen molar-refractivity contribution in [1.82, 2.24) is 5.32 Å². The molecule has 0 saturated heterocycles. The number of hydrogen-bond acceptors (Lipinski definition) is 3. The molecule has 1 aliphatic rings. The smallest absolute Gasteiger partial charge is 0.237 e. The van der Waals surface area contributed by atoms with Gasteiger partial charge in [0.1, 0.15) is 0 Å². The molecule has 1 aliphatic carbocycles. The van der Waals surface area contributed by atoms with Crippen LogP contribution in [-0.2, 0) is 4.79 Å². The van der Waals surface area contributed by atoms with Crippen molar-refractivity contribution in [3.05, 3.63) is 0 Å². The number of carbonyl (C=O) groups is 1. The Morgan fingerprint density at radius 3 is 2.38 bits per heavy atom. The molecule has 4 nitrogen and oxygen atoms in total. The van der Waals surface area contributed by atoms with Gasteiger partial charge in [0, 0.05) is 12.1 Å². The van der Waals surface area contributed by atoms with Gasteiger partial charge in [-0.3, -0.25) is 4.79 Å². The Labute approximate surface area is 98.1 Å². The summed E-state index contributed by atoms with van der Waals surface area (Å²) in [6.45, 7) is 4.15. The van der Waals surface area contributed by atoms with Crippen LogP contribution in [-0.4, -0.2) is 24.0 Å². The average molecular weight is 227 g/mol. The highest BCUT2D eigenvalue weighted by molar-refractivity contribution is 5.81. The summed E-state index contributed by atoms with van der Waals surface area (Å²) >= 11 is 0. The Kier molecular flexibility index (Phi) is 5.22. The van der Waals surface area contributed by atoms with Gasteiger partial charge in [-0.25, -0.2) is 0 Å². The second-order valence-corrected chi connectivity index (χ2v) is 5.36. The molecule has 0 aromatic heterocycles. The Hall–Kier alpha value is -0.610. The van der Waals surface area contributed by atoms with Crippen molar-refractivity contribution in [3.8, 4) is 0 Å². The third-order valence-electron chi connectivity index (χ3n) is 3.18. The van der Waals surface area contributed by atoms with Crippen LogP contribution >= 0.6 is 0 Å². The van der Waals surface area contributed by atoms with Gasteiger partial charge < -0.3 is 16.8 Å². The zero-order chi connectivity index (χ0) is 12.1. The molecule has 0 aromatic carbocycles. The maximum Gasteiger partial charge on any atom is 0.237 e. The Morgan fingerprint density at radius 1 is 1.31 bits per heavy atom. The molecule has 0 aromatic rings. The van der Waals surface area contributed by atoms with Crippen molar-refractivity contribution in [3.63, 3.8) is 0 Å². The Morgan fingerprint density at radius 2 is 1.88 bits per heavy atom. The van der Waals surface area contributed by atoms with Crippen LogP contribution in [0.4, 0.5) is 0 Å². The normalized spacial score (nSPS) is 27.8. The number of carbonyl (C=O) groups excluding carboxylic acids is 1. The monoisotopic (exact) mass is 227 g/mol. The van der Waals surface area contributed by atoms with Crippen LogP contribution in [0.1, 0.15) is 46.0 Å². The summed E-state index contributed by atoms with van der Waals surface area (Å²) in [6, 6.07) is 0.235. The molecule has 1 fully saturated rings. The van der Waals surface area contributed by atoms with Crippen molar-refractivity contribution in [2.45, 2.75) is 64.1 Å². The van der Waals surface area contributed by atoms with E-state index < -0.39 is 0 Å². The summed E-state index contributed by atoms with van der Waals surface area (Å²) in [5, 5.41) is 3.03. The first-order chi connectivity index (χ1) is 7.49. The molecule has 1 rings (SSSR count). The van der Waals surface area contributed by atoms with Crippen molar-refractivity contribution in [1.29, 1.82) is 0 Å². The quantitative estimate of drug-likeness (QED) is 0.663. The predicted molar refractivity (Wildman–Crippen MR) is 65.8 cm³/mol. The van der Waals surface area contributed by atoms with Gasteiger partial charge >= 0.3 is 0 Å². The summed E-state index contributed by atoms with van der Waals surface area (Å²) in [7, 11) is 0. The average Bonchev–Trinajstić information content (AvgIpc) is 2.20. The van der Waals surface area contributed by atoms with Crippen LogP contribution in [0.2, 0.25) is 0 Å². The third kappa shape index (κ3) is 4.49. The van der Waals surface area contributed by atoms with Crippen LogP contribution in [0.5, 0.6) is 0 Å². The molecule has 1 amide bonds. The molecule has 0 unspecified atom stereocenters. The minimum absolute atomic E-state index is 0.00540. The first-order valence-electron chi connectivity index (χ1n) is 6.30. The summed E-state index contributed by atoms with van der Waals surface area (Å²) in [5.41, 5.74) is 11.6. The molecular formula is C12H25N3O. The molecule has 0 aliphatic heterocycles. The van der Waals surface area contributed by atoms with Gasteiger partial charge in [0.05, 0.1) is 6.04 Å². The van der Waals surface area contributed by atoms with Gasteiger partial charge in [-0.1, -0.05) is 13.8 Å². The van der Waals surface area contributed by atoms with Gasteiger partial charge in [-0.05, 0) is 38.0 Å². The lowest BCUT2D eigenvalue weighted by Crippen LogP contribution is -2.47. The van der Waals surface area contributed by atoms with Crippen LogP contribution in [0, 0.1) is 5.92 Å². The fourth-order valence-corrected chi connectivity index (χ4v) is 2.19. The van der Waals surface area contributed by atoms with Gasteiger partial charge in [-0.2, -0.15) is 0 Å².